The number of hydrogen-bond donors (Lipinski definition) is 0. The van der Waals surface area contributed by atoms with Gasteiger partial charge in [-0.3, -0.25) is 13.9 Å². The lowest BCUT2D eigenvalue weighted by Gasteiger charge is -2.09. The van der Waals surface area contributed by atoms with Crippen molar-refractivity contribution in [2.75, 3.05) is 0 Å². The van der Waals surface area contributed by atoms with E-state index in [4.69, 9.17) is 9.97 Å². The quantitative estimate of drug-likeness (QED) is 0.466. The fraction of sp³-hybridized carbons (Fsp3) is 0.217. The van der Waals surface area contributed by atoms with Gasteiger partial charge >= 0.3 is 0 Å². The summed E-state index contributed by atoms with van der Waals surface area (Å²) in [5.74, 6) is 0. The van der Waals surface area contributed by atoms with Crippen molar-refractivity contribution in [1.82, 2.24) is 24.1 Å². The van der Waals surface area contributed by atoms with Crippen LogP contribution < -0.4 is 5.56 Å². The molecule has 6 heteroatoms. The second-order valence-corrected chi connectivity index (χ2v) is 7.51. The molecule has 0 aliphatic heterocycles. The number of rotatable bonds is 3. The molecule has 0 fully saturated rings. The average molecular weight is 383 g/mol. The minimum Gasteiger partial charge on any atom is -0.299 e. The van der Waals surface area contributed by atoms with Crippen LogP contribution in [-0.2, 0) is 6.54 Å². The van der Waals surface area contributed by atoms with Crippen molar-refractivity contribution in [3.05, 3.63) is 70.3 Å². The third kappa shape index (κ3) is 2.71. The number of para-hydroxylation sites is 2. The second kappa shape index (κ2) is 6.51. The zero-order chi connectivity index (χ0) is 20.1. The molecule has 3 aromatic heterocycles. The molecule has 0 aliphatic carbocycles. The SMILES string of the molecule is CCCn1cnc2c(c1=O)c1nc3ccccc3nc1n2-c1cc(C)cc(C)c1. The Balaban J connectivity index is 2.00. The van der Waals surface area contributed by atoms with Crippen LogP contribution in [0.25, 0.3) is 38.9 Å². The highest BCUT2D eigenvalue weighted by Gasteiger charge is 2.20. The summed E-state index contributed by atoms with van der Waals surface area (Å²) in [6, 6.07) is 14.0. The molecule has 5 aromatic rings. The highest BCUT2D eigenvalue weighted by molar-refractivity contribution is 6.05. The smallest absolute Gasteiger partial charge is 0.265 e. The zero-order valence-corrected chi connectivity index (χ0v) is 16.7. The normalized spacial score (nSPS) is 11.7. The Kier molecular flexibility index (Phi) is 3.94. The number of benzene rings is 2. The summed E-state index contributed by atoms with van der Waals surface area (Å²) in [7, 11) is 0. The van der Waals surface area contributed by atoms with E-state index in [1.807, 2.05) is 35.8 Å². The molecule has 144 valence electrons. The van der Waals surface area contributed by atoms with Gasteiger partial charge in [0.05, 0.1) is 17.4 Å². The van der Waals surface area contributed by atoms with Crippen LogP contribution in [0.15, 0.2) is 53.6 Å². The molecule has 0 aliphatic rings. The first-order valence-electron chi connectivity index (χ1n) is 9.82. The Bertz CT molecular complexity index is 1440. The summed E-state index contributed by atoms with van der Waals surface area (Å²) in [6.45, 7) is 6.79. The summed E-state index contributed by atoms with van der Waals surface area (Å²) in [5.41, 5.74) is 6.56. The lowest BCUT2D eigenvalue weighted by molar-refractivity contribution is 0.647. The van der Waals surface area contributed by atoms with E-state index in [0.29, 0.717) is 28.7 Å². The molecule has 0 amide bonds. The molecule has 5 rings (SSSR count). The Hall–Kier alpha value is -3.54. The van der Waals surface area contributed by atoms with E-state index in [2.05, 4.69) is 37.0 Å². The molecule has 0 spiro atoms. The lowest BCUT2D eigenvalue weighted by Crippen LogP contribution is -2.20. The van der Waals surface area contributed by atoms with Gasteiger partial charge < -0.3 is 0 Å². The minimum atomic E-state index is -0.0745. The fourth-order valence-electron chi connectivity index (χ4n) is 4.00. The standard InChI is InChI=1S/C23H21N5O/c1-4-9-27-13-24-21-19(23(27)29)20-22(26-18-8-6-5-7-17(18)25-20)28(21)16-11-14(2)10-15(3)12-16/h5-8,10-13H,4,9H2,1-3H3. The molecule has 0 N–H and O–H groups in total. The van der Waals surface area contributed by atoms with E-state index >= 15 is 0 Å². The van der Waals surface area contributed by atoms with Crippen LogP contribution in [-0.4, -0.2) is 24.1 Å². The predicted octanol–water partition coefficient (Wildman–Crippen LogP) is 4.31. The van der Waals surface area contributed by atoms with Crippen LogP contribution in [0.5, 0.6) is 0 Å². The van der Waals surface area contributed by atoms with E-state index in [9.17, 15) is 4.79 Å². The van der Waals surface area contributed by atoms with Gasteiger partial charge in [0.15, 0.2) is 11.3 Å². The van der Waals surface area contributed by atoms with Crippen molar-refractivity contribution >= 4 is 33.2 Å². The molecular formula is C23H21N5O. The molecular weight excluding hydrogens is 362 g/mol. The number of hydrogen-bond acceptors (Lipinski definition) is 4. The highest BCUT2D eigenvalue weighted by atomic mass is 16.1. The zero-order valence-electron chi connectivity index (χ0n) is 16.7. The summed E-state index contributed by atoms with van der Waals surface area (Å²) < 4.78 is 3.62. The number of nitrogens with zero attached hydrogens (tertiary/aromatic N) is 5. The Morgan fingerprint density at radius 2 is 1.62 bits per heavy atom. The van der Waals surface area contributed by atoms with Gasteiger partial charge in [0, 0.05) is 12.2 Å². The second-order valence-electron chi connectivity index (χ2n) is 7.51. The number of fused-ring (bicyclic) bond motifs is 4. The first kappa shape index (κ1) is 17.6. The van der Waals surface area contributed by atoms with Gasteiger partial charge in [-0.15, -0.1) is 0 Å². The molecule has 29 heavy (non-hydrogen) atoms. The van der Waals surface area contributed by atoms with E-state index in [1.165, 1.54) is 0 Å². The molecule has 0 bridgehead atoms. The first-order valence-corrected chi connectivity index (χ1v) is 9.82. The highest BCUT2D eigenvalue weighted by Crippen LogP contribution is 2.29. The van der Waals surface area contributed by atoms with E-state index in [1.54, 1.807) is 10.9 Å². The molecule has 3 heterocycles. The van der Waals surface area contributed by atoms with Crippen LogP contribution in [0.4, 0.5) is 0 Å². The Morgan fingerprint density at radius 1 is 0.931 bits per heavy atom. The molecule has 0 atom stereocenters. The van der Waals surface area contributed by atoms with Crippen molar-refractivity contribution < 1.29 is 0 Å². The summed E-state index contributed by atoms with van der Waals surface area (Å²) in [5, 5.41) is 0.522. The Labute approximate surface area is 167 Å². The molecule has 6 nitrogen and oxygen atoms in total. The first-order chi connectivity index (χ1) is 14.1. The van der Waals surface area contributed by atoms with Gasteiger partial charge in [-0.05, 0) is 55.7 Å². The molecule has 0 saturated carbocycles. The lowest BCUT2D eigenvalue weighted by atomic mass is 10.1. The maximum atomic E-state index is 13.3. The predicted molar refractivity (Wildman–Crippen MR) is 116 cm³/mol. The Morgan fingerprint density at radius 3 is 2.31 bits per heavy atom. The third-order valence-electron chi connectivity index (χ3n) is 5.16. The largest absolute Gasteiger partial charge is 0.299 e. The van der Waals surface area contributed by atoms with Gasteiger partial charge in [-0.1, -0.05) is 25.1 Å². The van der Waals surface area contributed by atoms with Crippen molar-refractivity contribution in [3.8, 4) is 5.69 Å². The van der Waals surface area contributed by atoms with Crippen molar-refractivity contribution in [3.63, 3.8) is 0 Å². The van der Waals surface area contributed by atoms with E-state index in [0.717, 1.165) is 34.3 Å². The third-order valence-corrected chi connectivity index (χ3v) is 5.16. The summed E-state index contributed by atoms with van der Waals surface area (Å²) >= 11 is 0. The van der Waals surface area contributed by atoms with E-state index < -0.39 is 0 Å². The van der Waals surface area contributed by atoms with Gasteiger partial charge in [0.2, 0.25) is 0 Å². The molecule has 0 unspecified atom stereocenters. The van der Waals surface area contributed by atoms with Gasteiger partial charge in [0.25, 0.3) is 5.56 Å². The van der Waals surface area contributed by atoms with Crippen LogP contribution in [0.2, 0.25) is 0 Å². The van der Waals surface area contributed by atoms with Crippen molar-refractivity contribution in [1.29, 1.82) is 0 Å². The van der Waals surface area contributed by atoms with Crippen LogP contribution in [0, 0.1) is 13.8 Å². The maximum Gasteiger partial charge on any atom is 0.265 e. The minimum absolute atomic E-state index is 0.0745. The average Bonchev–Trinajstić information content (AvgIpc) is 3.01. The molecule has 2 aromatic carbocycles. The van der Waals surface area contributed by atoms with Gasteiger partial charge in [-0.2, -0.15) is 0 Å². The summed E-state index contributed by atoms with van der Waals surface area (Å²) in [6.07, 6.45) is 2.49. The molecule has 0 radical (unpaired) electrons. The van der Waals surface area contributed by atoms with Crippen LogP contribution >= 0.6 is 0 Å². The maximum absolute atomic E-state index is 13.3. The monoisotopic (exact) mass is 383 g/mol. The molecule has 0 saturated heterocycles. The fourth-order valence-corrected chi connectivity index (χ4v) is 4.00. The number of aryl methyl sites for hydroxylation is 3. The van der Waals surface area contributed by atoms with E-state index in [-0.39, 0.29) is 5.56 Å². The topological polar surface area (TPSA) is 65.6 Å². The van der Waals surface area contributed by atoms with Crippen molar-refractivity contribution in [2.24, 2.45) is 0 Å². The summed E-state index contributed by atoms with van der Waals surface area (Å²) in [4.78, 5) is 27.7. The van der Waals surface area contributed by atoms with Gasteiger partial charge in [-0.25, -0.2) is 15.0 Å². The van der Waals surface area contributed by atoms with Crippen LogP contribution in [0.3, 0.4) is 0 Å². The number of aromatic nitrogens is 5. The van der Waals surface area contributed by atoms with Crippen molar-refractivity contribution in [2.45, 2.75) is 33.7 Å². The van der Waals surface area contributed by atoms with Crippen LogP contribution in [0.1, 0.15) is 24.5 Å². The van der Waals surface area contributed by atoms with Gasteiger partial charge in [0.1, 0.15) is 10.9 Å².